The number of likely N-dealkylation sites (tertiary alicyclic amines) is 2. The Morgan fingerprint density at radius 2 is 1.69 bits per heavy atom. The molecule has 2 atom stereocenters. The lowest BCUT2D eigenvalue weighted by Gasteiger charge is -2.43. The van der Waals surface area contributed by atoms with Crippen molar-refractivity contribution in [1.29, 1.82) is 0 Å². The fourth-order valence-corrected chi connectivity index (χ4v) is 6.60. The molecule has 1 aromatic heterocycles. The maximum atomic E-state index is 14.0. The number of amides is 3. The van der Waals surface area contributed by atoms with Crippen molar-refractivity contribution >= 4 is 23.3 Å². The Kier molecular flexibility index (Phi) is 10.0. The number of ether oxygens (including phenoxy) is 1. The number of hydrogen-bond acceptors (Lipinski definition) is 7. The molecule has 4 aromatic rings. The summed E-state index contributed by atoms with van der Waals surface area (Å²) in [5.41, 5.74) is 3.75. The van der Waals surface area contributed by atoms with Gasteiger partial charge in [-0.15, -0.1) is 0 Å². The Hall–Kier alpha value is -5.44. The van der Waals surface area contributed by atoms with E-state index in [1.54, 1.807) is 4.90 Å². The quantitative estimate of drug-likeness (QED) is 0.216. The molecule has 51 heavy (non-hydrogen) atoms. The second kappa shape index (κ2) is 14.4. The summed E-state index contributed by atoms with van der Waals surface area (Å²) in [5.74, 6) is -1.38. The van der Waals surface area contributed by atoms with E-state index in [-0.39, 0.29) is 80.4 Å². The number of nitrogen functional groups attached to an aromatic ring is 1. The van der Waals surface area contributed by atoms with Gasteiger partial charge in [0.05, 0.1) is 17.7 Å². The highest BCUT2D eigenvalue weighted by Crippen LogP contribution is 2.36. The summed E-state index contributed by atoms with van der Waals surface area (Å²) in [5, 5.41) is 14.0. The van der Waals surface area contributed by atoms with E-state index in [2.05, 4.69) is 10.3 Å². The van der Waals surface area contributed by atoms with E-state index < -0.39 is 40.7 Å². The van der Waals surface area contributed by atoms with Gasteiger partial charge in [-0.05, 0) is 67.3 Å². The number of alkyl halides is 3. The molecule has 268 valence electrons. The topological polar surface area (TPSA) is 143 Å². The Balaban J connectivity index is 1.10. The zero-order chi connectivity index (χ0) is 36.3. The highest BCUT2D eigenvalue weighted by molar-refractivity contribution is 5.90. The van der Waals surface area contributed by atoms with Crippen LogP contribution in [-0.2, 0) is 17.5 Å². The van der Waals surface area contributed by atoms with Crippen LogP contribution in [0.5, 0.6) is 11.6 Å². The fraction of sp³-hybridized carbons (Fsp3) is 0.333. The molecule has 11 nitrogen and oxygen atoms in total. The van der Waals surface area contributed by atoms with E-state index in [0.29, 0.717) is 6.42 Å². The van der Waals surface area contributed by atoms with Crippen LogP contribution in [0.15, 0.2) is 90.0 Å². The summed E-state index contributed by atoms with van der Waals surface area (Å²) in [6.45, 7) is 0.697. The molecule has 2 aliphatic rings. The number of anilines is 2. The van der Waals surface area contributed by atoms with Crippen LogP contribution in [0.2, 0.25) is 0 Å². The van der Waals surface area contributed by atoms with E-state index >= 15 is 0 Å². The number of piperidine rings is 2. The Morgan fingerprint density at radius 3 is 2.37 bits per heavy atom. The molecule has 3 amide bonds. The number of nitrogens with one attached hydrogen (secondary N) is 1. The van der Waals surface area contributed by atoms with Crippen LogP contribution < -0.4 is 21.3 Å². The minimum atomic E-state index is -4.56. The van der Waals surface area contributed by atoms with Gasteiger partial charge in [0, 0.05) is 43.7 Å². The predicted octanol–water partition coefficient (Wildman–Crippen LogP) is 5.47. The monoisotopic (exact) mass is 708 g/mol. The van der Waals surface area contributed by atoms with Gasteiger partial charge in [0.25, 0.3) is 5.56 Å². The predicted molar refractivity (Wildman–Crippen MR) is 179 cm³/mol. The van der Waals surface area contributed by atoms with Gasteiger partial charge >= 0.3 is 12.2 Å². The maximum absolute atomic E-state index is 14.0. The highest BCUT2D eigenvalue weighted by atomic mass is 19.4. The number of carbonyl (C=O) groups excluding carboxylic acids is 2. The average molecular weight is 709 g/mol. The minimum absolute atomic E-state index is 0.0140. The largest absolute Gasteiger partial charge is 0.437 e. The number of aliphatic hydroxyl groups is 1. The number of hydrogen-bond donors (Lipinski definition) is 3. The molecule has 0 aliphatic carbocycles. The number of nitrogens with zero attached hydrogens (tertiary/aromatic N) is 4. The first-order chi connectivity index (χ1) is 24.3. The molecular weight excluding hydrogens is 672 g/mol. The molecule has 4 N–H and O–H groups in total. The normalized spacial score (nSPS) is 19.0. The summed E-state index contributed by atoms with van der Waals surface area (Å²) in [7, 11) is 0. The van der Waals surface area contributed by atoms with Crippen molar-refractivity contribution in [3.05, 3.63) is 112 Å². The van der Waals surface area contributed by atoms with Crippen molar-refractivity contribution in [3.8, 4) is 11.6 Å². The van der Waals surface area contributed by atoms with Crippen LogP contribution in [0.1, 0.15) is 36.3 Å². The van der Waals surface area contributed by atoms with Gasteiger partial charge in [-0.3, -0.25) is 14.2 Å². The molecule has 3 aromatic carbocycles. The first-order valence-corrected chi connectivity index (χ1v) is 16.4. The summed E-state index contributed by atoms with van der Waals surface area (Å²) in [4.78, 5) is 47.6. The summed E-state index contributed by atoms with van der Waals surface area (Å²) < 4.78 is 59.6. The van der Waals surface area contributed by atoms with Crippen molar-refractivity contribution in [2.45, 2.75) is 43.5 Å². The van der Waals surface area contributed by atoms with Gasteiger partial charge in [0.1, 0.15) is 17.9 Å². The van der Waals surface area contributed by atoms with Crippen LogP contribution in [0.3, 0.4) is 0 Å². The van der Waals surface area contributed by atoms with E-state index in [1.165, 1.54) is 52.2 Å². The van der Waals surface area contributed by atoms with E-state index in [0.717, 1.165) is 17.7 Å². The lowest BCUT2D eigenvalue weighted by Crippen LogP contribution is -2.53. The number of carbonyl (C=O) groups is 2. The molecule has 0 saturated carbocycles. The zero-order valence-electron chi connectivity index (χ0n) is 27.4. The minimum Gasteiger partial charge on any atom is -0.437 e. The number of aromatic nitrogens is 2. The average Bonchev–Trinajstić information content (AvgIpc) is 3.12. The Bertz CT molecular complexity index is 1930. The third-order valence-corrected chi connectivity index (χ3v) is 9.42. The summed E-state index contributed by atoms with van der Waals surface area (Å²) >= 11 is 0. The zero-order valence-corrected chi connectivity index (χ0v) is 27.4. The number of urea groups is 1. The van der Waals surface area contributed by atoms with Crippen molar-refractivity contribution in [3.63, 3.8) is 0 Å². The first kappa shape index (κ1) is 35.4. The Morgan fingerprint density at radius 1 is 0.980 bits per heavy atom. The molecule has 0 unspecified atom stereocenters. The first-order valence-electron chi connectivity index (χ1n) is 16.4. The van der Waals surface area contributed by atoms with Crippen molar-refractivity contribution in [2.75, 3.05) is 37.2 Å². The van der Waals surface area contributed by atoms with Crippen LogP contribution in [0.4, 0.5) is 33.7 Å². The van der Waals surface area contributed by atoms with Gasteiger partial charge < -0.3 is 30.7 Å². The molecule has 2 saturated heterocycles. The van der Waals surface area contributed by atoms with Crippen molar-refractivity contribution < 1.29 is 37.0 Å². The molecule has 6 rings (SSSR count). The van der Waals surface area contributed by atoms with Crippen LogP contribution >= 0.6 is 0 Å². The SMILES string of the molecule is Nc1c(Oc2ccc(F)cc2)ncn(CC2(O)CCN(C(=O)[C@@H]3CCN(C(=O)Nc4cccc(C(F)(F)F)c4)C[C@H]3c3ccccc3)CC2)c1=O. The number of halogens is 4. The lowest BCUT2D eigenvalue weighted by atomic mass is 9.79. The highest BCUT2D eigenvalue weighted by Gasteiger charge is 2.42. The van der Waals surface area contributed by atoms with E-state index in [1.807, 2.05) is 30.3 Å². The number of rotatable bonds is 7. The summed E-state index contributed by atoms with van der Waals surface area (Å²) in [6.07, 6.45) is -2.67. The second-order valence-corrected chi connectivity index (χ2v) is 12.9. The van der Waals surface area contributed by atoms with Gasteiger partial charge in [-0.1, -0.05) is 36.4 Å². The smallest absolute Gasteiger partial charge is 0.416 e. The molecule has 0 radical (unpaired) electrons. The van der Waals surface area contributed by atoms with Crippen molar-refractivity contribution in [2.24, 2.45) is 5.92 Å². The van der Waals surface area contributed by atoms with Gasteiger partial charge in [0.2, 0.25) is 11.8 Å². The number of nitrogens with two attached hydrogens (primary N) is 1. The molecule has 3 heterocycles. The van der Waals surface area contributed by atoms with Crippen LogP contribution in [-0.4, -0.2) is 68.2 Å². The van der Waals surface area contributed by atoms with E-state index in [4.69, 9.17) is 10.5 Å². The third-order valence-electron chi connectivity index (χ3n) is 9.42. The van der Waals surface area contributed by atoms with Crippen molar-refractivity contribution in [1.82, 2.24) is 19.4 Å². The lowest BCUT2D eigenvalue weighted by molar-refractivity contribution is -0.142. The van der Waals surface area contributed by atoms with Crippen LogP contribution in [0.25, 0.3) is 0 Å². The van der Waals surface area contributed by atoms with Crippen LogP contribution in [0, 0.1) is 11.7 Å². The van der Waals surface area contributed by atoms with Gasteiger partial charge in [-0.2, -0.15) is 13.2 Å². The van der Waals surface area contributed by atoms with E-state index in [9.17, 15) is 37.1 Å². The molecule has 15 heteroatoms. The van der Waals surface area contributed by atoms with Gasteiger partial charge in [0.15, 0.2) is 5.69 Å². The number of benzene rings is 3. The van der Waals surface area contributed by atoms with Gasteiger partial charge in [-0.25, -0.2) is 14.2 Å². The third kappa shape index (κ3) is 8.14. The standard InChI is InChI=1S/C36H36F4N6O5/c37-25-9-11-27(12-10-25)51-31-30(41)33(48)46(22-42-31)21-35(50)14-17-44(18-15-35)32(47)28-13-16-45(20-29(28)23-5-2-1-3-6-23)34(49)43-26-8-4-7-24(19-26)36(38,39)40/h1-12,19,22,28-29,50H,13-18,20-21,41H2,(H,43,49)/t28-,29+/m1/s1. The molecular formula is C36H36F4N6O5. The Labute approximate surface area is 290 Å². The molecule has 2 fully saturated rings. The molecule has 2 aliphatic heterocycles. The summed E-state index contributed by atoms with van der Waals surface area (Å²) in [6, 6.07) is 18.2. The second-order valence-electron chi connectivity index (χ2n) is 12.9. The fourth-order valence-electron chi connectivity index (χ4n) is 6.60. The molecule has 0 bridgehead atoms. The molecule has 0 spiro atoms. The maximum Gasteiger partial charge on any atom is 0.416 e.